The van der Waals surface area contributed by atoms with Crippen LogP contribution in [0.4, 0.5) is 0 Å². The number of ketones is 1. The van der Waals surface area contributed by atoms with Crippen molar-refractivity contribution in [3.63, 3.8) is 0 Å². The Morgan fingerprint density at radius 1 is 0.818 bits per heavy atom. The molecule has 0 amide bonds. The van der Waals surface area contributed by atoms with Gasteiger partial charge in [-0.25, -0.2) is 4.79 Å². The van der Waals surface area contributed by atoms with Gasteiger partial charge in [-0.1, -0.05) is 51.1 Å². The lowest BCUT2D eigenvalue weighted by Gasteiger charge is -2.18. The van der Waals surface area contributed by atoms with Gasteiger partial charge in [0.25, 0.3) is 0 Å². The van der Waals surface area contributed by atoms with E-state index in [1.54, 1.807) is 61.7 Å². The van der Waals surface area contributed by atoms with Crippen LogP contribution in [0.5, 0.6) is 17.2 Å². The first kappa shape index (κ1) is 23.8. The largest absolute Gasteiger partial charge is 0.497 e. The van der Waals surface area contributed by atoms with Gasteiger partial charge in [-0.15, -0.1) is 0 Å². The van der Waals surface area contributed by atoms with Gasteiger partial charge in [0.05, 0.1) is 25.3 Å². The zero-order valence-electron chi connectivity index (χ0n) is 19.5. The standard InChI is InChI=1S/C28H28O5/c1-28(2,3)21-12-10-20(11-13-21)27(30)33-23-8-6-7-19(17-23)9-16-25(29)24-15-14-22(31-4)18-26(24)32-5/h6-18H,1-5H3/b16-9+. The first-order chi connectivity index (χ1) is 15.7. The second kappa shape index (κ2) is 10.2. The Morgan fingerprint density at radius 3 is 2.18 bits per heavy atom. The molecule has 170 valence electrons. The quantitative estimate of drug-likeness (QED) is 0.190. The lowest BCUT2D eigenvalue weighted by molar-refractivity contribution is 0.0734. The van der Waals surface area contributed by atoms with Crippen molar-refractivity contribution in [2.24, 2.45) is 0 Å². The predicted octanol–water partition coefficient (Wildman–Crippen LogP) is 6.12. The first-order valence-electron chi connectivity index (χ1n) is 10.6. The topological polar surface area (TPSA) is 61.8 Å². The van der Waals surface area contributed by atoms with Gasteiger partial charge in [0.1, 0.15) is 17.2 Å². The average molecular weight is 445 g/mol. The summed E-state index contributed by atoms with van der Waals surface area (Å²) in [6.45, 7) is 6.36. The summed E-state index contributed by atoms with van der Waals surface area (Å²) in [5, 5.41) is 0. The monoisotopic (exact) mass is 444 g/mol. The van der Waals surface area contributed by atoms with E-state index in [0.29, 0.717) is 28.4 Å². The minimum Gasteiger partial charge on any atom is -0.497 e. The molecule has 5 nitrogen and oxygen atoms in total. The molecular formula is C28H28O5. The molecule has 0 saturated carbocycles. The molecule has 0 aliphatic carbocycles. The number of methoxy groups -OCH3 is 2. The van der Waals surface area contributed by atoms with Crippen molar-refractivity contribution in [1.82, 2.24) is 0 Å². The molecule has 33 heavy (non-hydrogen) atoms. The fourth-order valence-corrected chi connectivity index (χ4v) is 3.22. The van der Waals surface area contributed by atoms with E-state index in [2.05, 4.69) is 20.8 Å². The van der Waals surface area contributed by atoms with Gasteiger partial charge in [-0.3, -0.25) is 4.79 Å². The van der Waals surface area contributed by atoms with Crippen molar-refractivity contribution in [3.05, 3.63) is 95.1 Å². The Morgan fingerprint density at radius 2 is 1.55 bits per heavy atom. The van der Waals surface area contributed by atoms with Crippen molar-refractivity contribution in [2.75, 3.05) is 14.2 Å². The maximum absolute atomic E-state index is 12.7. The van der Waals surface area contributed by atoms with Crippen LogP contribution in [0.3, 0.4) is 0 Å². The van der Waals surface area contributed by atoms with E-state index in [4.69, 9.17) is 14.2 Å². The van der Waals surface area contributed by atoms with E-state index in [1.807, 2.05) is 18.2 Å². The molecule has 0 atom stereocenters. The number of ether oxygens (including phenoxy) is 3. The summed E-state index contributed by atoms with van der Waals surface area (Å²) in [5.41, 5.74) is 2.78. The third-order valence-corrected chi connectivity index (χ3v) is 5.16. The number of hydrogen-bond donors (Lipinski definition) is 0. The highest BCUT2D eigenvalue weighted by atomic mass is 16.5. The molecule has 0 saturated heterocycles. The normalized spacial score (nSPS) is 11.3. The van der Waals surface area contributed by atoms with Crippen LogP contribution in [0, 0.1) is 0 Å². The summed E-state index contributed by atoms with van der Waals surface area (Å²) in [7, 11) is 3.06. The highest BCUT2D eigenvalue weighted by Crippen LogP contribution is 2.26. The highest BCUT2D eigenvalue weighted by molar-refractivity contribution is 6.08. The van der Waals surface area contributed by atoms with Gasteiger partial charge in [-0.2, -0.15) is 0 Å². The minimum atomic E-state index is -0.435. The lowest BCUT2D eigenvalue weighted by atomic mass is 9.87. The smallest absolute Gasteiger partial charge is 0.343 e. The van der Waals surface area contributed by atoms with Crippen molar-refractivity contribution in [3.8, 4) is 17.2 Å². The second-order valence-corrected chi connectivity index (χ2v) is 8.55. The van der Waals surface area contributed by atoms with Crippen LogP contribution in [-0.2, 0) is 5.41 Å². The molecule has 3 rings (SSSR count). The Bertz CT molecular complexity index is 1170. The number of esters is 1. The molecule has 3 aromatic rings. The van der Waals surface area contributed by atoms with Crippen LogP contribution in [0.15, 0.2) is 72.8 Å². The molecule has 5 heteroatoms. The number of allylic oxidation sites excluding steroid dienone is 1. The van der Waals surface area contributed by atoms with Gasteiger partial charge >= 0.3 is 5.97 Å². The van der Waals surface area contributed by atoms with Gasteiger partial charge in [-0.05, 0) is 59.0 Å². The van der Waals surface area contributed by atoms with Crippen LogP contribution in [0.2, 0.25) is 0 Å². The summed E-state index contributed by atoms with van der Waals surface area (Å²) in [6, 6.07) is 19.4. The van der Waals surface area contributed by atoms with E-state index in [9.17, 15) is 9.59 Å². The van der Waals surface area contributed by atoms with Crippen molar-refractivity contribution in [2.45, 2.75) is 26.2 Å². The third-order valence-electron chi connectivity index (χ3n) is 5.16. The molecule has 0 aromatic heterocycles. The summed E-state index contributed by atoms with van der Waals surface area (Å²) in [6.07, 6.45) is 3.12. The van der Waals surface area contributed by atoms with Crippen LogP contribution < -0.4 is 14.2 Å². The molecular weight excluding hydrogens is 416 g/mol. The zero-order valence-corrected chi connectivity index (χ0v) is 19.5. The number of carbonyl (C=O) groups is 2. The Kier molecular flexibility index (Phi) is 7.34. The van der Waals surface area contributed by atoms with E-state index in [0.717, 1.165) is 11.1 Å². The maximum Gasteiger partial charge on any atom is 0.343 e. The van der Waals surface area contributed by atoms with Crippen molar-refractivity contribution < 1.29 is 23.8 Å². The summed E-state index contributed by atoms with van der Waals surface area (Å²) in [4.78, 5) is 25.2. The average Bonchev–Trinajstić information content (AvgIpc) is 2.81. The second-order valence-electron chi connectivity index (χ2n) is 8.55. The molecule has 0 aliphatic rings. The molecule has 0 N–H and O–H groups in total. The molecule has 0 radical (unpaired) electrons. The van der Waals surface area contributed by atoms with Crippen LogP contribution >= 0.6 is 0 Å². The fourth-order valence-electron chi connectivity index (χ4n) is 3.22. The van der Waals surface area contributed by atoms with Crippen molar-refractivity contribution in [1.29, 1.82) is 0 Å². The highest BCUT2D eigenvalue weighted by Gasteiger charge is 2.15. The van der Waals surface area contributed by atoms with E-state index in [1.165, 1.54) is 13.2 Å². The number of benzene rings is 3. The third kappa shape index (κ3) is 6.10. The number of rotatable bonds is 7. The molecule has 0 fully saturated rings. The Hall–Kier alpha value is -3.86. The van der Waals surface area contributed by atoms with Gasteiger partial charge < -0.3 is 14.2 Å². The molecule has 0 unspecified atom stereocenters. The molecule has 0 aliphatic heterocycles. The molecule has 0 bridgehead atoms. The molecule has 0 heterocycles. The van der Waals surface area contributed by atoms with E-state index < -0.39 is 5.97 Å². The van der Waals surface area contributed by atoms with Gasteiger partial charge in [0, 0.05) is 6.07 Å². The van der Waals surface area contributed by atoms with Crippen LogP contribution in [-0.4, -0.2) is 26.0 Å². The Labute approximate surface area is 194 Å². The van der Waals surface area contributed by atoms with Gasteiger partial charge in [0.15, 0.2) is 5.78 Å². The van der Waals surface area contributed by atoms with Crippen LogP contribution in [0.1, 0.15) is 52.6 Å². The molecule has 3 aromatic carbocycles. The SMILES string of the molecule is COc1ccc(C(=O)/C=C/c2cccc(OC(=O)c3ccc(C(C)(C)C)cc3)c2)c(OC)c1. The van der Waals surface area contributed by atoms with Crippen LogP contribution in [0.25, 0.3) is 6.08 Å². The first-order valence-corrected chi connectivity index (χ1v) is 10.6. The summed E-state index contributed by atoms with van der Waals surface area (Å²) >= 11 is 0. The predicted molar refractivity (Wildman–Crippen MR) is 129 cm³/mol. The lowest BCUT2D eigenvalue weighted by Crippen LogP contribution is -2.12. The van der Waals surface area contributed by atoms with Gasteiger partial charge in [0.2, 0.25) is 0 Å². The van der Waals surface area contributed by atoms with Crippen molar-refractivity contribution >= 4 is 17.8 Å². The zero-order chi connectivity index (χ0) is 24.0. The number of carbonyl (C=O) groups excluding carboxylic acids is 2. The van der Waals surface area contributed by atoms with E-state index in [-0.39, 0.29) is 11.2 Å². The molecule has 0 spiro atoms. The van der Waals surface area contributed by atoms with E-state index >= 15 is 0 Å². The number of hydrogen-bond acceptors (Lipinski definition) is 5. The Balaban J connectivity index is 1.71. The fraction of sp³-hybridized carbons (Fsp3) is 0.214. The minimum absolute atomic E-state index is 0.0103. The maximum atomic E-state index is 12.7. The summed E-state index contributed by atoms with van der Waals surface area (Å²) in [5.74, 6) is 0.794. The summed E-state index contributed by atoms with van der Waals surface area (Å²) < 4.78 is 16.0.